The van der Waals surface area contributed by atoms with E-state index < -0.39 is 0 Å². The molecule has 4 nitrogen and oxygen atoms in total. The summed E-state index contributed by atoms with van der Waals surface area (Å²) < 4.78 is 18.9. The number of urea groups is 1. The van der Waals surface area contributed by atoms with Crippen LogP contribution in [0.4, 0.5) is 9.18 Å². The monoisotopic (exact) mass is 280 g/mol. The van der Waals surface area contributed by atoms with E-state index in [1.807, 2.05) is 0 Å². The Morgan fingerprint density at radius 2 is 2.15 bits per heavy atom. The van der Waals surface area contributed by atoms with Crippen molar-refractivity contribution in [2.75, 3.05) is 27.2 Å². The molecule has 2 amide bonds. The van der Waals surface area contributed by atoms with Crippen LogP contribution in [0.25, 0.3) is 0 Å². The van der Waals surface area contributed by atoms with Gasteiger partial charge in [0.15, 0.2) is 0 Å². The summed E-state index contributed by atoms with van der Waals surface area (Å²) in [4.78, 5) is 13.3. The Balaban J connectivity index is 1.94. The minimum atomic E-state index is -0.181. The van der Waals surface area contributed by atoms with Crippen LogP contribution in [0.5, 0.6) is 5.75 Å². The number of likely N-dealkylation sites (tertiary alicyclic amines) is 1. The van der Waals surface area contributed by atoms with Crippen molar-refractivity contribution in [3.63, 3.8) is 0 Å². The molecule has 0 bridgehead atoms. The van der Waals surface area contributed by atoms with Crippen molar-refractivity contribution >= 4 is 6.03 Å². The molecule has 0 spiro atoms. The maximum atomic E-state index is 13.8. The number of carbonyl (C=O) groups excluding carboxylic acids is 1. The van der Waals surface area contributed by atoms with Gasteiger partial charge in [-0.25, -0.2) is 9.18 Å². The van der Waals surface area contributed by atoms with Crippen LogP contribution < -0.4 is 10.1 Å². The van der Waals surface area contributed by atoms with Gasteiger partial charge in [-0.1, -0.05) is 0 Å². The van der Waals surface area contributed by atoms with E-state index >= 15 is 0 Å². The molecule has 0 radical (unpaired) electrons. The lowest BCUT2D eigenvalue weighted by molar-refractivity contribution is 0.172. The van der Waals surface area contributed by atoms with Crippen molar-refractivity contribution < 1.29 is 13.9 Å². The molecule has 1 aliphatic heterocycles. The van der Waals surface area contributed by atoms with E-state index in [1.54, 1.807) is 31.2 Å². The van der Waals surface area contributed by atoms with Crippen molar-refractivity contribution in [1.82, 2.24) is 10.2 Å². The summed E-state index contributed by atoms with van der Waals surface area (Å²) in [5.41, 5.74) is 0.697. The van der Waals surface area contributed by atoms with Gasteiger partial charge in [-0.05, 0) is 48.9 Å². The number of rotatable bonds is 3. The molecule has 5 heteroatoms. The highest BCUT2D eigenvalue weighted by atomic mass is 19.1. The maximum absolute atomic E-state index is 13.8. The van der Waals surface area contributed by atoms with Gasteiger partial charge in [0.05, 0.1) is 7.11 Å². The van der Waals surface area contributed by atoms with Gasteiger partial charge in [-0.3, -0.25) is 0 Å². The zero-order valence-corrected chi connectivity index (χ0v) is 12.0. The number of nitrogens with zero attached hydrogens (tertiary/aromatic N) is 1. The van der Waals surface area contributed by atoms with E-state index in [0.29, 0.717) is 23.7 Å². The Morgan fingerprint density at radius 3 is 2.75 bits per heavy atom. The number of hydrogen-bond acceptors (Lipinski definition) is 2. The highest BCUT2D eigenvalue weighted by Gasteiger charge is 2.23. The van der Waals surface area contributed by atoms with Crippen molar-refractivity contribution in [1.29, 1.82) is 0 Å². The Labute approximate surface area is 118 Å². The number of halogens is 1. The standard InChI is InChI=1S/C15H21FN2O2/c1-17-15(19)18-7-5-11(6-8-18)9-12-10-13(20-2)3-4-14(12)16/h3-4,10-11H,5-9H2,1-2H3,(H,17,19). The van der Waals surface area contributed by atoms with Crippen LogP contribution in [0.3, 0.4) is 0 Å². The lowest BCUT2D eigenvalue weighted by Crippen LogP contribution is -2.43. The predicted molar refractivity (Wildman–Crippen MR) is 75.4 cm³/mol. The van der Waals surface area contributed by atoms with Gasteiger partial charge in [-0.15, -0.1) is 0 Å². The number of carbonyl (C=O) groups is 1. The summed E-state index contributed by atoms with van der Waals surface area (Å²) in [6, 6.07) is 4.82. The third-order valence-corrected chi connectivity index (χ3v) is 3.88. The Kier molecular flexibility index (Phi) is 4.82. The molecular weight excluding hydrogens is 259 g/mol. The highest BCUT2D eigenvalue weighted by molar-refractivity contribution is 5.73. The molecule has 1 saturated heterocycles. The van der Waals surface area contributed by atoms with Crippen LogP contribution in [-0.4, -0.2) is 38.2 Å². The number of amides is 2. The molecule has 20 heavy (non-hydrogen) atoms. The van der Waals surface area contributed by atoms with Crippen LogP contribution >= 0.6 is 0 Å². The van der Waals surface area contributed by atoms with E-state index in [2.05, 4.69) is 5.32 Å². The molecule has 1 aromatic carbocycles. The number of hydrogen-bond donors (Lipinski definition) is 1. The average Bonchev–Trinajstić information content (AvgIpc) is 2.49. The van der Waals surface area contributed by atoms with E-state index in [1.165, 1.54) is 6.07 Å². The molecular formula is C15H21FN2O2. The minimum Gasteiger partial charge on any atom is -0.497 e. The van der Waals surface area contributed by atoms with Gasteiger partial charge < -0.3 is 15.0 Å². The zero-order valence-electron chi connectivity index (χ0n) is 12.0. The number of benzene rings is 1. The fourth-order valence-corrected chi connectivity index (χ4v) is 2.64. The van der Waals surface area contributed by atoms with Gasteiger partial charge in [0.25, 0.3) is 0 Å². The quantitative estimate of drug-likeness (QED) is 0.924. The smallest absolute Gasteiger partial charge is 0.317 e. The molecule has 0 unspecified atom stereocenters. The summed E-state index contributed by atoms with van der Waals surface area (Å²) in [6.07, 6.45) is 2.51. The van der Waals surface area contributed by atoms with Crippen molar-refractivity contribution in [2.24, 2.45) is 5.92 Å². The van der Waals surface area contributed by atoms with Crippen molar-refractivity contribution in [3.05, 3.63) is 29.6 Å². The van der Waals surface area contributed by atoms with E-state index in [-0.39, 0.29) is 11.8 Å². The van der Waals surface area contributed by atoms with E-state index in [4.69, 9.17) is 4.74 Å². The second-order valence-corrected chi connectivity index (χ2v) is 5.15. The third-order valence-electron chi connectivity index (χ3n) is 3.88. The van der Waals surface area contributed by atoms with Crippen molar-refractivity contribution in [2.45, 2.75) is 19.3 Å². The second-order valence-electron chi connectivity index (χ2n) is 5.15. The molecule has 1 heterocycles. The zero-order chi connectivity index (χ0) is 14.5. The Morgan fingerprint density at radius 1 is 1.45 bits per heavy atom. The minimum absolute atomic E-state index is 0.0315. The molecule has 1 fully saturated rings. The molecule has 0 aliphatic carbocycles. The molecule has 1 N–H and O–H groups in total. The van der Waals surface area contributed by atoms with Gasteiger partial charge >= 0.3 is 6.03 Å². The van der Waals surface area contributed by atoms with Crippen LogP contribution in [0.15, 0.2) is 18.2 Å². The SMILES string of the molecule is CNC(=O)N1CCC(Cc2cc(OC)ccc2F)CC1. The molecule has 0 aromatic heterocycles. The second kappa shape index (κ2) is 6.59. The van der Waals surface area contributed by atoms with Crippen LogP contribution in [0.2, 0.25) is 0 Å². The lowest BCUT2D eigenvalue weighted by atomic mass is 9.90. The molecule has 2 rings (SSSR count). The lowest BCUT2D eigenvalue weighted by Gasteiger charge is -2.31. The summed E-state index contributed by atoms with van der Waals surface area (Å²) >= 11 is 0. The van der Waals surface area contributed by atoms with Gasteiger partial charge in [0.2, 0.25) is 0 Å². The predicted octanol–water partition coefficient (Wildman–Crippen LogP) is 2.43. The Bertz CT molecular complexity index is 471. The third kappa shape index (κ3) is 3.40. The number of ether oxygens (including phenoxy) is 1. The first-order valence-corrected chi connectivity index (χ1v) is 6.93. The van der Waals surface area contributed by atoms with E-state index in [0.717, 1.165) is 25.9 Å². The fourth-order valence-electron chi connectivity index (χ4n) is 2.64. The molecule has 1 aliphatic rings. The number of piperidine rings is 1. The fraction of sp³-hybridized carbons (Fsp3) is 0.533. The normalized spacial score (nSPS) is 16.1. The van der Waals surface area contributed by atoms with Crippen LogP contribution in [0, 0.1) is 11.7 Å². The molecule has 0 atom stereocenters. The Hall–Kier alpha value is -1.78. The van der Waals surface area contributed by atoms with Gasteiger partial charge in [0.1, 0.15) is 11.6 Å². The maximum Gasteiger partial charge on any atom is 0.317 e. The summed E-state index contributed by atoms with van der Waals surface area (Å²) in [5.74, 6) is 0.918. The number of nitrogens with one attached hydrogen (secondary N) is 1. The average molecular weight is 280 g/mol. The number of methoxy groups -OCH3 is 1. The molecule has 0 saturated carbocycles. The van der Waals surface area contributed by atoms with Gasteiger partial charge in [0, 0.05) is 20.1 Å². The largest absolute Gasteiger partial charge is 0.497 e. The first kappa shape index (κ1) is 14.6. The highest BCUT2D eigenvalue weighted by Crippen LogP contribution is 2.25. The van der Waals surface area contributed by atoms with Gasteiger partial charge in [-0.2, -0.15) is 0 Å². The van der Waals surface area contributed by atoms with Crippen LogP contribution in [0.1, 0.15) is 18.4 Å². The first-order valence-electron chi connectivity index (χ1n) is 6.93. The topological polar surface area (TPSA) is 41.6 Å². The molecule has 110 valence electrons. The summed E-state index contributed by atoms with van der Waals surface area (Å²) in [5, 5.41) is 2.63. The summed E-state index contributed by atoms with van der Waals surface area (Å²) in [7, 11) is 3.22. The van der Waals surface area contributed by atoms with E-state index in [9.17, 15) is 9.18 Å². The van der Waals surface area contributed by atoms with Crippen molar-refractivity contribution in [3.8, 4) is 5.75 Å². The first-order chi connectivity index (χ1) is 9.63. The van der Waals surface area contributed by atoms with Crippen LogP contribution in [-0.2, 0) is 6.42 Å². The molecule has 1 aromatic rings. The summed E-state index contributed by atoms with van der Waals surface area (Å²) in [6.45, 7) is 1.46.